The number of nitrogens with zero attached hydrogens (tertiary/aromatic N) is 2. The number of aryl methyl sites for hydroxylation is 1. The third kappa shape index (κ3) is 3.91. The van der Waals surface area contributed by atoms with E-state index in [1.807, 2.05) is 13.1 Å². The van der Waals surface area contributed by atoms with Gasteiger partial charge in [0.1, 0.15) is 0 Å². The summed E-state index contributed by atoms with van der Waals surface area (Å²) in [6.07, 6.45) is 1.89. The van der Waals surface area contributed by atoms with Gasteiger partial charge in [-0.3, -0.25) is 5.10 Å². The Hall–Kier alpha value is -1.65. The lowest BCUT2D eigenvalue weighted by molar-refractivity contribution is 0.340. The van der Waals surface area contributed by atoms with E-state index in [9.17, 15) is 0 Å². The van der Waals surface area contributed by atoms with Crippen molar-refractivity contribution in [3.63, 3.8) is 0 Å². The molecule has 102 valence electrons. The van der Waals surface area contributed by atoms with Gasteiger partial charge in [0.05, 0.1) is 6.20 Å². The van der Waals surface area contributed by atoms with E-state index in [2.05, 4.69) is 64.8 Å². The van der Waals surface area contributed by atoms with Crippen molar-refractivity contribution in [2.45, 2.75) is 19.5 Å². The standard InChI is InChI=1S/C15H22N4/c1-12-14(10-17-18-12)9-16-15(11-19(2)3)13-7-5-4-6-8-13/h4-8,10,15-16H,9,11H2,1-3H3,(H,17,18). The molecule has 2 rings (SSSR count). The summed E-state index contributed by atoms with van der Waals surface area (Å²) < 4.78 is 0. The Kier molecular flexibility index (Phi) is 4.71. The largest absolute Gasteiger partial charge is 0.308 e. The maximum absolute atomic E-state index is 4.06. The van der Waals surface area contributed by atoms with Crippen LogP contribution in [0.1, 0.15) is 22.9 Å². The molecule has 1 unspecified atom stereocenters. The fourth-order valence-corrected chi connectivity index (χ4v) is 2.13. The number of rotatable bonds is 6. The molecule has 1 atom stereocenters. The smallest absolute Gasteiger partial charge is 0.0535 e. The highest BCUT2D eigenvalue weighted by molar-refractivity contribution is 5.20. The molecular weight excluding hydrogens is 236 g/mol. The van der Waals surface area contributed by atoms with E-state index in [0.29, 0.717) is 6.04 Å². The van der Waals surface area contributed by atoms with Crippen LogP contribution in [-0.2, 0) is 6.54 Å². The van der Waals surface area contributed by atoms with Crippen LogP contribution in [-0.4, -0.2) is 35.7 Å². The Morgan fingerprint density at radius 3 is 2.58 bits per heavy atom. The van der Waals surface area contributed by atoms with Gasteiger partial charge in [-0.15, -0.1) is 0 Å². The van der Waals surface area contributed by atoms with Crippen LogP contribution >= 0.6 is 0 Å². The quantitative estimate of drug-likeness (QED) is 0.834. The Labute approximate surface area is 114 Å². The van der Waals surface area contributed by atoms with Crippen LogP contribution < -0.4 is 5.32 Å². The molecule has 0 aliphatic rings. The van der Waals surface area contributed by atoms with Gasteiger partial charge in [-0.1, -0.05) is 30.3 Å². The van der Waals surface area contributed by atoms with E-state index >= 15 is 0 Å². The van der Waals surface area contributed by atoms with Crippen molar-refractivity contribution in [2.75, 3.05) is 20.6 Å². The fourth-order valence-electron chi connectivity index (χ4n) is 2.13. The van der Waals surface area contributed by atoms with E-state index in [4.69, 9.17) is 0 Å². The highest BCUT2D eigenvalue weighted by Crippen LogP contribution is 2.14. The van der Waals surface area contributed by atoms with Crippen LogP contribution in [0.5, 0.6) is 0 Å². The Morgan fingerprint density at radius 2 is 2.00 bits per heavy atom. The van der Waals surface area contributed by atoms with Crippen LogP contribution in [0.2, 0.25) is 0 Å². The lowest BCUT2D eigenvalue weighted by Crippen LogP contribution is -2.31. The minimum atomic E-state index is 0.325. The number of aromatic amines is 1. The minimum absolute atomic E-state index is 0.325. The van der Waals surface area contributed by atoms with Crippen LogP contribution in [0, 0.1) is 6.92 Å². The first-order valence-electron chi connectivity index (χ1n) is 6.58. The van der Waals surface area contributed by atoms with Gasteiger partial charge in [0.2, 0.25) is 0 Å². The maximum Gasteiger partial charge on any atom is 0.0535 e. The second-order valence-electron chi connectivity index (χ2n) is 5.13. The molecule has 0 bridgehead atoms. The summed E-state index contributed by atoms with van der Waals surface area (Å²) in [5.41, 5.74) is 3.67. The molecule has 4 nitrogen and oxygen atoms in total. The first-order valence-corrected chi connectivity index (χ1v) is 6.58. The number of hydrogen-bond acceptors (Lipinski definition) is 3. The summed E-state index contributed by atoms with van der Waals surface area (Å²) >= 11 is 0. The van der Waals surface area contributed by atoms with Crippen LogP contribution in [0.15, 0.2) is 36.5 Å². The fraction of sp³-hybridized carbons (Fsp3) is 0.400. The molecule has 0 fully saturated rings. The monoisotopic (exact) mass is 258 g/mol. The second-order valence-corrected chi connectivity index (χ2v) is 5.13. The number of aromatic nitrogens is 2. The number of H-pyrrole nitrogens is 1. The van der Waals surface area contributed by atoms with Crippen LogP contribution in [0.4, 0.5) is 0 Å². The van der Waals surface area contributed by atoms with Crippen molar-refractivity contribution in [1.29, 1.82) is 0 Å². The number of benzene rings is 1. The molecule has 4 heteroatoms. The van der Waals surface area contributed by atoms with Gasteiger partial charge in [-0.05, 0) is 26.6 Å². The summed E-state index contributed by atoms with van der Waals surface area (Å²) in [5, 5.41) is 10.6. The molecule has 0 aliphatic heterocycles. The zero-order valence-corrected chi connectivity index (χ0v) is 11.9. The highest BCUT2D eigenvalue weighted by Gasteiger charge is 2.12. The van der Waals surface area contributed by atoms with Gasteiger partial charge < -0.3 is 10.2 Å². The lowest BCUT2D eigenvalue weighted by Gasteiger charge is -2.23. The predicted octanol–water partition coefficient (Wildman–Crippen LogP) is 2.11. The van der Waals surface area contributed by atoms with Crippen molar-refractivity contribution >= 4 is 0 Å². The van der Waals surface area contributed by atoms with Gasteiger partial charge in [-0.2, -0.15) is 5.10 Å². The van der Waals surface area contributed by atoms with Crippen molar-refractivity contribution in [3.05, 3.63) is 53.3 Å². The summed E-state index contributed by atoms with van der Waals surface area (Å²) in [5.74, 6) is 0. The molecule has 0 radical (unpaired) electrons. The van der Waals surface area contributed by atoms with Crippen LogP contribution in [0.25, 0.3) is 0 Å². The zero-order chi connectivity index (χ0) is 13.7. The van der Waals surface area contributed by atoms with Gasteiger partial charge in [-0.25, -0.2) is 0 Å². The van der Waals surface area contributed by atoms with E-state index < -0.39 is 0 Å². The second kappa shape index (κ2) is 6.50. The molecule has 1 aromatic carbocycles. The molecule has 1 heterocycles. The Bertz CT molecular complexity index is 490. The SMILES string of the molecule is Cc1[nH]ncc1CNC(CN(C)C)c1ccccc1. The normalized spacial score (nSPS) is 12.8. The minimum Gasteiger partial charge on any atom is -0.308 e. The molecule has 0 saturated carbocycles. The van der Waals surface area contributed by atoms with Crippen molar-refractivity contribution in [3.8, 4) is 0 Å². The van der Waals surface area contributed by atoms with Crippen molar-refractivity contribution < 1.29 is 0 Å². The molecular formula is C15H22N4. The first-order chi connectivity index (χ1) is 9.16. The highest BCUT2D eigenvalue weighted by atomic mass is 15.1. The average molecular weight is 258 g/mol. The topological polar surface area (TPSA) is 44.0 Å². The van der Waals surface area contributed by atoms with Gasteiger partial charge in [0, 0.05) is 30.4 Å². The lowest BCUT2D eigenvalue weighted by atomic mass is 10.1. The molecule has 2 N–H and O–H groups in total. The average Bonchev–Trinajstić information content (AvgIpc) is 2.81. The summed E-state index contributed by atoms with van der Waals surface area (Å²) in [6, 6.07) is 10.9. The Morgan fingerprint density at radius 1 is 1.26 bits per heavy atom. The molecule has 2 aromatic rings. The molecule has 0 aliphatic carbocycles. The summed E-state index contributed by atoms with van der Waals surface area (Å²) in [6.45, 7) is 3.85. The van der Waals surface area contributed by atoms with Gasteiger partial charge >= 0.3 is 0 Å². The molecule has 0 spiro atoms. The molecule has 1 aromatic heterocycles. The van der Waals surface area contributed by atoms with E-state index in [0.717, 1.165) is 18.8 Å². The predicted molar refractivity (Wildman–Crippen MR) is 77.9 cm³/mol. The first kappa shape index (κ1) is 13.8. The zero-order valence-electron chi connectivity index (χ0n) is 11.9. The van der Waals surface area contributed by atoms with E-state index in [-0.39, 0.29) is 0 Å². The van der Waals surface area contributed by atoms with Crippen molar-refractivity contribution in [1.82, 2.24) is 20.4 Å². The van der Waals surface area contributed by atoms with E-state index in [1.165, 1.54) is 11.1 Å². The number of likely N-dealkylation sites (N-methyl/N-ethyl adjacent to an activating group) is 1. The van der Waals surface area contributed by atoms with E-state index in [1.54, 1.807) is 0 Å². The molecule has 19 heavy (non-hydrogen) atoms. The molecule has 0 amide bonds. The Balaban J connectivity index is 2.04. The van der Waals surface area contributed by atoms with Gasteiger partial charge in [0.15, 0.2) is 0 Å². The maximum atomic E-state index is 4.06. The third-order valence-electron chi connectivity index (χ3n) is 3.22. The summed E-state index contributed by atoms with van der Waals surface area (Å²) in [4.78, 5) is 2.20. The number of hydrogen-bond donors (Lipinski definition) is 2. The third-order valence-corrected chi connectivity index (χ3v) is 3.22. The number of nitrogens with one attached hydrogen (secondary N) is 2. The molecule has 0 saturated heterocycles. The van der Waals surface area contributed by atoms with Gasteiger partial charge in [0.25, 0.3) is 0 Å². The summed E-state index contributed by atoms with van der Waals surface area (Å²) in [7, 11) is 4.20. The van der Waals surface area contributed by atoms with Crippen molar-refractivity contribution in [2.24, 2.45) is 0 Å². The van der Waals surface area contributed by atoms with Crippen LogP contribution in [0.3, 0.4) is 0 Å².